The highest BCUT2D eigenvalue weighted by Crippen LogP contribution is 2.48. The maximum atomic E-state index is 12.9. The summed E-state index contributed by atoms with van der Waals surface area (Å²) in [4.78, 5) is 37.7. The van der Waals surface area contributed by atoms with Crippen molar-refractivity contribution in [3.05, 3.63) is 28.2 Å². The lowest BCUT2D eigenvalue weighted by molar-refractivity contribution is -0.313. The van der Waals surface area contributed by atoms with Crippen molar-refractivity contribution >= 4 is 34.2 Å². The molecule has 26 heavy (non-hydrogen) atoms. The van der Waals surface area contributed by atoms with Crippen molar-refractivity contribution < 1.29 is 24.2 Å². The second-order valence-corrected chi connectivity index (χ2v) is 7.95. The number of carbonyl (C=O) groups is 3. The molecule has 1 aromatic heterocycles. The van der Waals surface area contributed by atoms with Crippen LogP contribution in [0.5, 0.6) is 0 Å². The smallest absolute Gasteiger partial charge is 0.341 e. The summed E-state index contributed by atoms with van der Waals surface area (Å²) >= 11 is 1.32. The van der Waals surface area contributed by atoms with Crippen LogP contribution in [0.15, 0.2) is 12.2 Å². The summed E-state index contributed by atoms with van der Waals surface area (Å²) in [5.74, 6) is -3.76. The van der Waals surface area contributed by atoms with E-state index in [-0.39, 0.29) is 24.3 Å². The minimum absolute atomic E-state index is 0.0966. The second kappa shape index (κ2) is 7.23. The van der Waals surface area contributed by atoms with Crippen LogP contribution in [0, 0.1) is 30.6 Å². The van der Waals surface area contributed by atoms with Gasteiger partial charge in [-0.3, -0.25) is 4.79 Å². The number of ether oxygens (including phenoxy) is 1. The van der Waals surface area contributed by atoms with E-state index >= 15 is 0 Å². The average molecular weight is 376 g/mol. The van der Waals surface area contributed by atoms with Gasteiger partial charge in [0.15, 0.2) is 0 Å². The first-order valence-electron chi connectivity index (χ1n) is 8.88. The van der Waals surface area contributed by atoms with Crippen LogP contribution in [0.1, 0.15) is 41.1 Å². The van der Waals surface area contributed by atoms with Crippen molar-refractivity contribution in [1.82, 2.24) is 0 Å². The molecule has 0 radical (unpaired) electrons. The summed E-state index contributed by atoms with van der Waals surface area (Å²) in [5, 5.41) is 14.8. The summed E-state index contributed by atoms with van der Waals surface area (Å²) in [6.07, 6.45) is 5.08. The van der Waals surface area contributed by atoms with E-state index in [0.29, 0.717) is 23.4 Å². The molecule has 140 valence electrons. The quantitative estimate of drug-likeness (QED) is 0.604. The lowest BCUT2D eigenvalue weighted by atomic mass is 9.82. The molecule has 1 amide bonds. The Kier molecular flexibility index (Phi) is 5.18. The SMILES string of the molecule is CCOC(=O)c1c(NC(=O)[C@H]2[C@@H](C(=O)[O-])[C@H]3C=C[C@@H]2C3)sc(C)c1CC. The Bertz CT molecular complexity index is 781. The van der Waals surface area contributed by atoms with Gasteiger partial charge in [-0.1, -0.05) is 19.1 Å². The number of carboxylic acid groups (broad SMARTS) is 1. The standard InChI is InChI=1S/C19H23NO5S/c1-4-12-9(3)26-17(15(12)19(24)25-5-2)20-16(21)13-10-6-7-11(8-10)14(13)18(22)23/h6-7,10-11,13-14H,4-5,8H2,1-3H3,(H,20,21)(H,22,23)/p-1/t10-,11+,13-,14+/m1/s1. The van der Waals surface area contributed by atoms with E-state index in [9.17, 15) is 19.5 Å². The molecule has 1 heterocycles. The molecule has 0 aliphatic heterocycles. The zero-order valence-electron chi connectivity index (χ0n) is 15.0. The normalized spacial score (nSPS) is 26.1. The van der Waals surface area contributed by atoms with Crippen molar-refractivity contribution in [2.45, 2.75) is 33.6 Å². The van der Waals surface area contributed by atoms with Crippen LogP contribution in [-0.4, -0.2) is 24.5 Å². The number of nitrogens with one attached hydrogen (secondary N) is 1. The lowest BCUT2D eigenvalue weighted by Gasteiger charge is -2.27. The van der Waals surface area contributed by atoms with E-state index in [4.69, 9.17) is 4.74 Å². The van der Waals surface area contributed by atoms with Crippen LogP contribution in [0.2, 0.25) is 0 Å². The van der Waals surface area contributed by atoms with Gasteiger partial charge in [0.05, 0.1) is 18.1 Å². The highest BCUT2D eigenvalue weighted by Gasteiger charge is 2.49. The number of allylic oxidation sites excluding steroid dienone is 2. The number of hydrogen-bond donors (Lipinski definition) is 1. The zero-order valence-corrected chi connectivity index (χ0v) is 15.9. The number of thiophene rings is 1. The maximum Gasteiger partial charge on any atom is 0.341 e. The van der Waals surface area contributed by atoms with E-state index in [0.717, 1.165) is 10.4 Å². The fraction of sp³-hybridized carbons (Fsp3) is 0.526. The number of aryl methyl sites for hydroxylation is 1. The number of carbonyl (C=O) groups excluding carboxylic acids is 3. The largest absolute Gasteiger partial charge is 0.550 e. The molecular formula is C19H22NO5S-. The van der Waals surface area contributed by atoms with Gasteiger partial charge in [-0.15, -0.1) is 11.3 Å². The minimum Gasteiger partial charge on any atom is -0.550 e. The average Bonchev–Trinajstić information content (AvgIpc) is 3.26. The lowest BCUT2D eigenvalue weighted by Crippen LogP contribution is -2.42. The van der Waals surface area contributed by atoms with E-state index < -0.39 is 23.8 Å². The topological polar surface area (TPSA) is 95.5 Å². The third-order valence-corrected chi connectivity index (χ3v) is 6.38. The van der Waals surface area contributed by atoms with Crippen molar-refractivity contribution in [1.29, 1.82) is 0 Å². The van der Waals surface area contributed by atoms with Crippen LogP contribution in [0.4, 0.5) is 5.00 Å². The number of amides is 1. The van der Waals surface area contributed by atoms with Crippen molar-refractivity contribution in [2.24, 2.45) is 23.7 Å². The molecule has 2 aliphatic rings. The van der Waals surface area contributed by atoms with E-state index in [1.807, 2.05) is 26.0 Å². The minimum atomic E-state index is -1.19. The molecule has 4 atom stereocenters. The summed E-state index contributed by atoms with van der Waals surface area (Å²) in [6.45, 7) is 5.81. The predicted molar refractivity (Wildman–Crippen MR) is 95.7 cm³/mol. The predicted octanol–water partition coefficient (Wildman–Crippen LogP) is 1.92. The van der Waals surface area contributed by atoms with E-state index in [1.165, 1.54) is 11.3 Å². The molecule has 6 nitrogen and oxygen atoms in total. The molecule has 2 aliphatic carbocycles. The molecular weight excluding hydrogens is 354 g/mol. The van der Waals surface area contributed by atoms with Crippen LogP contribution in [0.3, 0.4) is 0 Å². The van der Waals surface area contributed by atoms with Gasteiger partial charge in [-0.05, 0) is 44.1 Å². The molecule has 0 unspecified atom stereocenters. The molecule has 1 N–H and O–H groups in total. The Morgan fingerprint density at radius 3 is 2.46 bits per heavy atom. The first-order valence-corrected chi connectivity index (χ1v) is 9.70. The first-order chi connectivity index (χ1) is 12.4. The highest BCUT2D eigenvalue weighted by atomic mass is 32.1. The Hall–Kier alpha value is -2.15. The van der Waals surface area contributed by atoms with Crippen LogP contribution in [0.25, 0.3) is 0 Å². The van der Waals surface area contributed by atoms with Crippen LogP contribution in [-0.2, 0) is 20.7 Å². The maximum absolute atomic E-state index is 12.9. The van der Waals surface area contributed by atoms with Gasteiger partial charge in [0.25, 0.3) is 0 Å². The molecule has 0 spiro atoms. The third kappa shape index (κ3) is 3.05. The molecule has 1 saturated carbocycles. The van der Waals surface area contributed by atoms with Crippen molar-refractivity contribution in [3.8, 4) is 0 Å². The van der Waals surface area contributed by atoms with Crippen molar-refractivity contribution in [3.63, 3.8) is 0 Å². The second-order valence-electron chi connectivity index (χ2n) is 6.72. The van der Waals surface area contributed by atoms with E-state index in [2.05, 4.69) is 5.32 Å². The van der Waals surface area contributed by atoms with Gasteiger partial charge in [0.2, 0.25) is 5.91 Å². The molecule has 1 aromatic rings. The molecule has 7 heteroatoms. The van der Waals surface area contributed by atoms with Gasteiger partial charge in [0.1, 0.15) is 5.00 Å². The molecule has 0 aromatic carbocycles. The first kappa shape index (κ1) is 18.6. The number of anilines is 1. The van der Waals surface area contributed by atoms with Gasteiger partial charge >= 0.3 is 5.97 Å². The monoisotopic (exact) mass is 376 g/mol. The van der Waals surface area contributed by atoms with Crippen molar-refractivity contribution in [2.75, 3.05) is 11.9 Å². The fourth-order valence-corrected chi connectivity index (χ4v) is 5.34. The Morgan fingerprint density at radius 2 is 1.88 bits per heavy atom. The molecule has 0 saturated heterocycles. The Morgan fingerprint density at radius 1 is 1.23 bits per heavy atom. The van der Waals surface area contributed by atoms with E-state index in [1.54, 1.807) is 6.92 Å². The van der Waals surface area contributed by atoms with Gasteiger partial charge in [-0.2, -0.15) is 0 Å². The molecule has 3 rings (SSSR count). The molecule has 2 bridgehead atoms. The highest BCUT2D eigenvalue weighted by molar-refractivity contribution is 7.16. The third-order valence-electron chi connectivity index (χ3n) is 5.31. The fourth-order valence-electron chi connectivity index (χ4n) is 4.21. The number of esters is 1. The number of hydrogen-bond acceptors (Lipinski definition) is 6. The number of carboxylic acids is 1. The summed E-state index contributed by atoms with van der Waals surface area (Å²) in [5.41, 5.74) is 1.24. The number of fused-ring (bicyclic) bond motifs is 2. The summed E-state index contributed by atoms with van der Waals surface area (Å²) < 4.78 is 5.14. The summed E-state index contributed by atoms with van der Waals surface area (Å²) in [7, 11) is 0. The Labute approximate surface area is 156 Å². The Balaban J connectivity index is 1.89. The van der Waals surface area contributed by atoms with Crippen LogP contribution >= 0.6 is 11.3 Å². The number of rotatable bonds is 6. The van der Waals surface area contributed by atoms with Crippen LogP contribution < -0.4 is 10.4 Å². The zero-order chi connectivity index (χ0) is 19.0. The van der Waals surface area contributed by atoms with Gasteiger partial charge < -0.3 is 20.0 Å². The van der Waals surface area contributed by atoms with Gasteiger partial charge in [0, 0.05) is 16.8 Å². The molecule has 1 fully saturated rings. The van der Waals surface area contributed by atoms with Gasteiger partial charge in [-0.25, -0.2) is 4.79 Å². The number of aliphatic carboxylic acids is 1. The summed E-state index contributed by atoms with van der Waals surface area (Å²) in [6, 6.07) is 0.